The van der Waals surface area contributed by atoms with Gasteiger partial charge < -0.3 is 5.73 Å². The van der Waals surface area contributed by atoms with Crippen molar-refractivity contribution >= 4 is 18.1 Å². The van der Waals surface area contributed by atoms with Gasteiger partial charge in [0.05, 0.1) is 11.0 Å². The van der Waals surface area contributed by atoms with Gasteiger partial charge >= 0.3 is 0 Å². The first kappa shape index (κ1) is 13.7. The Morgan fingerprint density at radius 3 is 2.07 bits per heavy atom. The van der Waals surface area contributed by atoms with E-state index in [2.05, 4.69) is 0 Å². The maximum atomic E-state index is 12.1. The molecule has 84 valence electrons. The third kappa shape index (κ3) is 3.41. The van der Waals surface area contributed by atoms with E-state index in [4.69, 9.17) is 5.73 Å². The highest BCUT2D eigenvalue weighted by atomic mass is 35.5. The van der Waals surface area contributed by atoms with Crippen LogP contribution in [0.5, 0.6) is 0 Å². The van der Waals surface area contributed by atoms with Crippen LogP contribution in [0.1, 0.15) is 11.6 Å². The lowest BCUT2D eigenvalue weighted by Crippen LogP contribution is -2.18. The van der Waals surface area contributed by atoms with E-state index < -0.39 is 17.4 Å². The molecule has 1 aromatic rings. The molecule has 0 heterocycles. The lowest BCUT2D eigenvalue weighted by atomic mass is 10.1. The SMILES string of the molecule is Cl.N[C@H](c1ccc([N+](=O)[O-])cc1)C(F)F. The molecule has 0 bridgehead atoms. The van der Waals surface area contributed by atoms with Crippen molar-refractivity contribution in [3.63, 3.8) is 0 Å². The Morgan fingerprint density at radius 1 is 1.27 bits per heavy atom. The van der Waals surface area contributed by atoms with Crippen LogP contribution in [-0.2, 0) is 0 Å². The molecule has 0 aromatic heterocycles. The van der Waals surface area contributed by atoms with Crippen molar-refractivity contribution in [2.45, 2.75) is 12.5 Å². The average molecular weight is 239 g/mol. The van der Waals surface area contributed by atoms with Gasteiger partial charge in [-0.2, -0.15) is 0 Å². The number of non-ortho nitro benzene ring substituents is 1. The van der Waals surface area contributed by atoms with Crippen molar-refractivity contribution in [1.29, 1.82) is 0 Å². The van der Waals surface area contributed by atoms with E-state index >= 15 is 0 Å². The molecule has 0 radical (unpaired) electrons. The Balaban J connectivity index is 0.00000196. The second-order valence-electron chi connectivity index (χ2n) is 2.71. The van der Waals surface area contributed by atoms with E-state index in [0.29, 0.717) is 0 Å². The first-order valence-corrected chi connectivity index (χ1v) is 3.80. The molecule has 1 aromatic carbocycles. The Hall–Kier alpha value is -1.27. The molecule has 0 saturated heterocycles. The largest absolute Gasteiger partial charge is 0.319 e. The Labute approximate surface area is 90.6 Å². The summed E-state index contributed by atoms with van der Waals surface area (Å²) in [6, 6.07) is 3.37. The number of halogens is 3. The van der Waals surface area contributed by atoms with Gasteiger partial charge in [-0.25, -0.2) is 8.78 Å². The van der Waals surface area contributed by atoms with Gasteiger partial charge in [0.15, 0.2) is 0 Å². The molecule has 4 nitrogen and oxygen atoms in total. The molecule has 0 aliphatic rings. The third-order valence-corrected chi connectivity index (χ3v) is 1.76. The minimum absolute atomic E-state index is 0. The Bertz CT molecular complexity index is 332. The number of nitrogens with zero attached hydrogens (tertiary/aromatic N) is 1. The summed E-state index contributed by atoms with van der Waals surface area (Å²) in [6.45, 7) is 0. The number of nitrogens with two attached hydrogens (primary N) is 1. The molecule has 0 spiro atoms. The van der Waals surface area contributed by atoms with Crippen LogP contribution in [0.2, 0.25) is 0 Å². The van der Waals surface area contributed by atoms with Crippen molar-refractivity contribution in [3.05, 3.63) is 39.9 Å². The summed E-state index contributed by atoms with van der Waals surface area (Å²) in [5.41, 5.74) is 5.19. The van der Waals surface area contributed by atoms with Crippen LogP contribution < -0.4 is 5.73 Å². The normalized spacial score (nSPS) is 12.0. The van der Waals surface area contributed by atoms with E-state index in [0.717, 1.165) is 12.1 Å². The summed E-state index contributed by atoms with van der Waals surface area (Å²) in [6.07, 6.45) is -2.67. The van der Waals surface area contributed by atoms with Crippen LogP contribution in [-0.4, -0.2) is 11.3 Å². The van der Waals surface area contributed by atoms with Gasteiger partial charge in [0.1, 0.15) is 0 Å². The van der Waals surface area contributed by atoms with Gasteiger partial charge in [0.2, 0.25) is 0 Å². The van der Waals surface area contributed by atoms with Gasteiger partial charge in [-0.15, -0.1) is 12.4 Å². The summed E-state index contributed by atoms with van der Waals surface area (Å²) >= 11 is 0. The zero-order valence-electron chi connectivity index (χ0n) is 7.47. The third-order valence-electron chi connectivity index (χ3n) is 1.76. The summed E-state index contributed by atoms with van der Waals surface area (Å²) in [7, 11) is 0. The number of benzene rings is 1. The molecule has 1 rings (SSSR count). The molecule has 15 heavy (non-hydrogen) atoms. The topological polar surface area (TPSA) is 69.2 Å². The zero-order valence-corrected chi connectivity index (χ0v) is 8.29. The highest BCUT2D eigenvalue weighted by Crippen LogP contribution is 2.20. The molecule has 0 unspecified atom stereocenters. The van der Waals surface area contributed by atoms with Crippen molar-refractivity contribution < 1.29 is 13.7 Å². The van der Waals surface area contributed by atoms with E-state index in [1.54, 1.807) is 0 Å². The molecule has 0 aliphatic heterocycles. The maximum Gasteiger partial charge on any atom is 0.269 e. The van der Waals surface area contributed by atoms with Gasteiger partial charge in [-0.05, 0) is 5.56 Å². The lowest BCUT2D eigenvalue weighted by Gasteiger charge is -2.09. The average Bonchev–Trinajstić information content (AvgIpc) is 2.16. The van der Waals surface area contributed by atoms with E-state index in [1.165, 1.54) is 12.1 Å². The monoisotopic (exact) mass is 238 g/mol. The van der Waals surface area contributed by atoms with Crippen molar-refractivity contribution in [1.82, 2.24) is 0 Å². The minimum Gasteiger partial charge on any atom is -0.319 e. The van der Waals surface area contributed by atoms with Gasteiger partial charge in [-0.1, -0.05) is 12.1 Å². The molecule has 0 aliphatic carbocycles. The molecule has 2 N–H and O–H groups in total. The number of rotatable bonds is 3. The summed E-state index contributed by atoms with van der Waals surface area (Å²) < 4.78 is 24.2. The fourth-order valence-corrected chi connectivity index (χ4v) is 0.964. The summed E-state index contributed by atoms with van der Waals surface area (Å²) in [5.74, 6) is 0. The van der Waals surface area contributed by atoms with Gasteiger partial charge in [-0.3, -0.25) is 10.1 Å². The predicted molar refractivity (Wildman–Crippen MR) is 53.3 cm³/mol. The molecule has 1 atom stereocenters. The van der Waals surface area contributed by atoms with Crippen molar-refractivity contribution in [2.75, 3.05) is 0 Å². The predicted octanol–water partition coefficient (Wildman–Crippen LogP) is 2.28. The fourth-order valence-electron chi connectivity index (χ4n) is 0.964. The van der Waals surface area contributed by atoms with Crippen LogP contribution in [0, 0.1) is 10.1 Å². The number of alkyl halides is 2. The van der Waals surface area contributed by atoms with Crippen LogP contribution in [0.15, 0.2) is 24.3 Å². The van der Waals surface area contributed by atoms with E-state index in [1.807, 2.05) is 0 Å². The summed E-state index contributed by atoms with van der Waals surface area (Å²) in [5, 5.41) is 10.2. The van der Waals surface area contributed by atoms with E-state index in [-0.39, 0.29) is 23.7 Å². The zero-order chi connectivity index (χ0) is 10.7. The van der Waals surface area contributed by atoms with Crippen LogP contribution in [0.3, 0.4) is 0 Å². The van der Waals surface area contributed by atoms with Crippen molar-refractivity contribution in [2.24, 2.45) is 5.73 Å². The Kier molecular flexibility index (Phi) is 5.10. The molecular weight excluding hydrogens is 230 g/mol. The van der Waals surface area contributed by atoms with E-state index in [9.17, 15) is 18.9 Å². The maximum absolute atomic E-state index is 12.1. The first-order valence-electron chi connectivity index (χ1n) is 3.80. The first-order chi connectivity index (χ1) is 6.52. The second-order valence-corrected chi connectivity index (χ2v) is 2.71. The lowest BCUT2D eigenvalue weighted by molar-refractivity contribution is -0.384. The number of hydrogen-bond donors (Lipinski definition) is 1. The smallest absolute Gasteiger partial charge is 0.269 e. The number of nitro groups is 1. The van der Waals surface area contributed by atoms with Crippen molar-refractivity contribution in [3.8, 4) is 0 Å². The second kappa shape index (κ2) is 5.57. The number of hydrogen-bond acceptors (Lipinski definition) is 3. The highest BCUT2D eigenvalue weighted by molar-refractivity contribution is 5.85. The molecular formula is C8H9ClF2N2O2. The van der Waals surface area contributed by atoms with Crippen LogP contribution in [0.25, 0.3) is 0 Å². The fraction of sp³-hybridized carbons (Fsp3) is 0.250. The highest BCUT2D eigenvalue weighted by Gasteiger charge is 2.17. The summed E-state index contributed by atoms with van der Waals surface area (Å²) in [4.78, 5) is 9.64. The molecule has 7 heteroatoms. The molecule has 0 saturated carbocycles. The Morgan fingerprint density at radius 2 is 1.73 bits per heavy atom. The van der Waals surface area contributed by atoms with Crippen LogP contribution in [0.4, 0.5) is 14.5 Å². The standard InChI is InChI=1S/C8H8F2N2O2.ClH/c9-8(10)7(11)5-1-3-6(4-2-5)12(13)14;/h1-4,7-8H,11H2;1H/t7-;/m1./s1. The van der Waals surface area contributed by atoms with Gasteiger partial charge in [0.25, 0.3) is 12.1 Å². The van der Waals surface area contributed by atoms with Gasteiger partial charge in [0, 0.05) is 12.1 Å². The number of nitro benzene ring substituents is 1. The molecule has 0 fully saturated rings. The minimum atomic E-state index is -2.67. The molecule has 0 amide bonds. The quantitative estimate of drug-likeness (QED) is 0.649. The van der Waals surface area contributed by atoms with Crippen LogP contribution >= 0.6 is 12.4 Å².